The van der Waals surface area contributed by atoms with Crippen LogP contribution in [0.5, 0.6) is 0 Å². The topological polar surface area (TPSA) is 115 Å². The zero-order valence-corrected chi connectivity index (χ0v) is 11.3. The van der Waals surface area contributed by atoms with Crippen LogP contribution in [0.1, 0.15) is 0 Å². The number of nitrogens with zero attached hydrogens (tertiary/aromatic N) is 1. The Kier molecular flexibility index (Phi) is 3.76. The van der Waals surface area contributed by atoms with Crippen LogP contribution < -0.4 is 10.5 Å². The van der Waals surface area contributed by atoms with Gasteiger partial charge in [-0.3, -0.25) is 14.8 Å². The van der Waals surface area contributed by atoms with E-state index in [-0.39, 0.29) is 22.0 Å². The summed E-state index contributed by atoms with van der Waals surface area (Å²) in [5.74, 6) is -0.599. The summed E-state index contributed by atoms with van der Waals surface area (Å²) in [6, 6.07) is 7.91. The molecule has 110 valence electrons. The molecule has 9 heteroatoms. The van der Waals surface area contributed by atoms with Gasteiger partial charge in [-0.05, 0) is 30.3 Å². The zero-order valence-electron chi connectivity index (χ0n) is 10.5. The van der Waals surface area contributed by atoms with Crippen molar-refractivity contribution in [2.24, 2.45) is 0 Å². The van der Waals surface area contributed by atoms with Crippen molar-refractivity contribution in [3.8, 4) is 0 Å². The first-order chi connectivity index (χ1) is 9.79. The first kappa shape index (κ1) is 14.7. The van der Waals surface area contributed by atoms with Crippen molar-refractivity contribution in [2.75, 3.05) is 10.5 Å². The molecule has 0 amide bonds. The summed E-state index contributed by atoms with van der Waals surface area (Å²) in [5.41, 5.74) is 4.81. The van der Waals surface area contributed by atoms with E-state index >= 15 is 0 Å². The number of nitrogens with two attached hydrogens (primary N) is 1. The highest BCUT2D eigenvalue weighted by molar-refractivity contribution is 7.92. The zero-order chi connectivity index (χ0) is 15.6. The van der Waals surface area contributed by atoms with Crippen molar-refractivity contribution in [1.82, 2.24) is 0 Å². The van der Waals surface area contributed by atoms with Gasteiger partial charge >= 0.3 is 0 Å². The number of nitrogens with one attached hydrogen (secondary N) is 1. The lowest BCUT2D eigenvalue weighted by Crippen LogP contribution is -2.13. The molecule has 0 saturated heterocycles. The molecule has 2 aromatic rings. The van der Waals surface area contributed by atoms with Gasteiger partial charge in [0.15, 0.2) is 0 Å². The molecule has 21 heavy (non-hydrogen) atoms. The molecule has 3 N–H and O–H groups in total. The number of halogens is 1. The van der Waals surface area contributed by atoms with Crippen LogP contribution in [0.25, 0.3) is 0 Å². The molecule has 0 spiro atoms. The Morgan fingerprint density at radius 1 is 1.19 bits per heavy atom. The second-order valence-electron chi connectivity index (χ2n) is 4.09. The highest BCUT2D eigenvalue weighted by Gasteiger charge is 2.19. The fraction of sp³-hybridized carbons (Fsp3) is 0. The minimum absolute atomic E-state index is 0.0342. The van der Waals surface area contributed by atoms with Crippen molar-refractivity contribution >= 4 is 27.1 Å². The summed E-state index contributed by atoms with van der Waals surface area (Å²) < 4.78 is 39.4. The Morgan fingerprint density at radius 2 is 1.90 bits per heavy atom. The fourth-order valence-electron chi connectivity index (χ4n) is 1.63. The second-order valence-corrected chi connectivity index (χ2v) is 5.78. The summed E-state index contributed by atoms with van der Waals surface area (Å²) in [6.07, 6.45) is 0. The van der Waals surface area contributed by atoms with Gasteiger partial charge < -0.3 is 5.73 Å². The van der Waals surface area contributed by atoms with Gasteiger partial charge in [-0.2, -0.15) is 0 Å². The van der Waals surface area contributed by atoms with Crippen LogP contribution in [0.4, 0.5) is 21.5 Å². The van der Waals surface area contributed by atoms with E-state index in [0.717, 1.165) is 24.3 Å². The molecule has 0 fully saturated rings. The Labute approximate surface area is 119 Å². The van der Waals surface area contributed by atoms with Gasteiger partial charge in [-0.1, -0.05) is 6.07 Å². The maximum Gasteiger partial charge on any atom is 0.292 e. The van der Waals surface area contributed by atoms with Gasteiger partial charge in [-0.25, -0.2) is 12.8 Å². The monoisotopic (exact) mass is 311 g/mol. The predicted molar refractivity (Wildman–Crippen MR) is 74.7 cm³/mol. The summed E-state index contributed by atoms with van der Waals surface area (Å²) in [6.45, 7) is 0. The largest absolute Gasteiger partial charge is 0.393 e. The number of benzene rings is 2. The molecule has 2 rings (SSSR count). The first-order valence-electron chi connectivity index (χ1n) is 5.62. The molecule has 0 bridgehead atoms. The van der Waals surface area contributed by atoms with Gasteiger partial charge in [0.1, 0.15) is 11.5 Å². The number of anilines is 2. The molecule has 0 unspecified atom stereocenters. The average molecular weight is 311 g/mol. The molecule has 0 radical (unpaired) electrons. The van der Waals surface area contributed by atoms with Crippen molar-refractivity contribution in [1.29, 1.82) is 0 Å². The lowest BCUT2D eigenvalue weighted by molar-refractivity contribution is -0.383. The van der Waals surface area contributed by atoms with Crippen molar-refractivity contribution < 1.29 is 17.7 Å². The van der Waals surface area contributed by atoms with Gasteiger partial charge in [0.25, 0.3) is 15.7 Å². The highest BCUT2D eigenvalue weighted by Crippen LogP contribution is 2.25. The lowest BCUT2D eigenvalue weighted by Gasteiger charge is -2.08. The summed E-state index contributed by atoms with van der Waals surface area (Å²) >= 11 is 0. The van der Waals surface area contributed by atoms with E-state index in [2.05, 4.69) is 4.72 Å². The van der Waals surface area contributed by atoms with E-state index in [1.165, 1.54) is 18.2 Å². The standard InChI is InChI=1S/C12H10FN3O4S/c13-8-2-1-3-9(6-8)15-21(19,20)10-4-5-12(16(17)18)11(14)7-10/h1-7,15H,14H2. The van der Waals surface area contributed by atoms with Crippen LogP contribution >= 0.6 is 0 Å². The second kappa shape index (κ2) is 5.37. The highest BCUT2D eigenvalue weighted by atomic mass is 32.2. The lowest BCUT2D eigenvalue weighted by atomic mass is 10.3. The number of nitro groups is 1. The summed E-state index contributed by atoms with van der Waals surface area (Å²) in [7, 11) is -4.01. The number of rotatable bonds is 4. The maximum absolute atomic E-state index is 13.0. The number of nitrogen functional groups attached to an aromatic ring is 1. The van der Waals surface area contributed by atoms with Crippen LogP contribution in [0, 0.1) is 15.9 Å². The van der Waals surface area contributed by atoms with Gasteiger partial charge in [0.05, 0.1) is 15.5 Å². The maximum atomic E-state index is 13.0. The van der Waals surface area contributed by atoms with Crippen LogP contribution in [0.3, 0.4) is 0 Å². The average Bonchev–Trinajstić information content (AvgIpc) is 2.37. The van der Waals surface area contributed by atoms with Gasteiger partial charge in [0, 0.05) is 6.07 Å². The Hall–Kier alpha value is -2.68. The van der Waals surface area contributed by atoms with Crippen molar-refractivity contribution in [3.05, 3.63) is 58.4 Å². The van der Waals surface area contributed by atoms with E-state index in [1.54, 1.807) is 0 Å². The molecular formula is C12H10FN3O4S. The van der Waals surface area contributed by atoms with Crippen molar-refractivity contribution in [3.63, 3.8) is 0 Å². The number of hydrogen-bond donors (Lipinski definition) is 2. The molecule has 0 heterocycles. The van der Waals surface area contributed by atoms with Crippen LogP contribution in [-0.4, -0.2) is 13.3 Å². The Morgan fingerprint density at radius 3 is 2.48 bits per heavy atom. The minimum Gasteiger partial charge on any atom is -0.393 e. The van der Waals surface area contributed by atoms with Crippen LogP contribution in [-0.2, 0) is 10.0 Å². The van der Waals surface area contributed by atoms with E-state index in [1.807, 2.05) is 0 Å². The molecule has 0 saturated carbocycles. The molecule has 0 aliphatic carbocycles. The van der Waals surface area contributed by atoms with Crippen LogP contribution in [0.15, 0.2) is 47.4 Å². The SMILES string of the molecule is Nc1cc(S(=O)(=O)Nc2cccc(F)c2)ccc1[N+](=O)[O-]. The number of sulfonamides is 1. The van der Waals surface area contributed by atoms with Crippen molar-refractivity contribution in [2.45, 2.75) is 4.90 Å². The van der Waals surface area contributed by atoms with E-state index in [9.17, 15) is 22.9 Å². The molecule has 7 nitrogen and oxygen atoms in total. The van der Waals surface area contributed by atoms with E-state index in [4.69, 9.17) is 5.73 Å². The molecule has 0 aromatic heterocycles. The summed E-state index contributed by atoms with van der Waals surface area (Å²) in [4.78, 5) is 9.66. The third kappa shape index (κ3) is 3.26. The van der Waals surface area contributed by atoms with Crippen LogP contribution in [0.2, 0.25) is 0 Å². The molecule has 2 aromatic carbocycles. The van der Waals surface area contributed by atoms with E-state index in [0.29, 0.717) is 0 Å². The molecule has 0 atom stereocenters. The summed E-state index contributed by atoms with van der Waals surface area (Å²) in [5, 5.41) is 10.6. The Balaban J connectivity index is 2.36. The predicted octanol–water partition coefficient (Wildman–Crippen LogP) is 2.12. The molecule has 0 aliphatic heterocycles. The quantitative estimate of drug-likeness (QED) is 0.510. The third-order valence-electron chi connectivity index (χ3n) is 2.58. The molecular weight excluding hydrogens is 301 g/mol. The smallest absolute Gasteiger partial charge is 0.292 e. The first-order valence-corrected chi connectivity index (χ1v) is 7.10. The minimum atomic E-state index is -4.01. The third-order valence-corrected chi connectivity index (χ3v) is 3.96. The number of nitro benzene ring substituents is 1. The van der Waals surface area contributed by atoms with Gasteiger partial charge in [0.2, 0.25) is 0 Å². The number of hydrogen-bond acceptors (Lipinski definition) is 5. The Bertz CT molecular complexity index is 808. The normalized spacial score (nSPS) is 11.1. The fourth-order valence-corrected chi connectivity index (χ4v) is 2.72. The van der Waals surface area contributed by atoms with E-state index < -0.39 is 20.8 Å². The molecule has 0 aliphatic rings. The van der Waals surface area contributed by atoms with Gasteiger partial charge in [-0.15, -0.1) is 0 Å².